The summed E-state index contributed by atoms with van der Waals surface area (Å²) in [5.41, 5.74) is 4.60. The fraction of sp³-hybridized carbons (Fsp3) is 1.00. The van der Waals surface area contributed by atoms with Gasteiger partial charge in [0, 0.05) is 5.92 Å². The van der Waals surface area contributed by atoms with Gasteiger partial charge in [0.05, 0.1) is 0 Å². The van der Waals surface area contributed by atoms with E-state index in [2.05, 4.69) is 27.7 Å². The molecule has 0 aliphatic carbocycles. The van der Waals surface area contributed by atoms with Gasteiger partial charge in [0.1, 0.15) is 5.72 Å². The van der Waals surface area contributed by atoms with E-state index in [1.807, 2.05) is 0 Å². The van der Waals surface area contributed by atoms with Crippen LogP contribution >= 0.6 is 0 Å². The van der Waals surface area contributed by atoms with E-state index in [0.717, 1.165) is 0 Å². The van der Waals surface area contributed by atoms with Crippen LogP contribution in [0.3, 0.4) is 0 Å². The molecule has 0 rings (SSSR count). The third kappa shape index (κ3) is 3.21. The smallest absolute Gasteiger partial charge is 0.114 e. The maximum absolute atomic E-state index is 9.60. The molecule has 0 radical (unpaired) electrons. The molecule has 0 heterocycles. The van der Waals surface area contributed by atoms with Crippen LogP contribution in [0.1, 0.15) is 34.6 Å². The zero-order chi connectivity index (χ0) is 9.23. The van der Waals surface area contributed by atoms with Crippen LogP contribution in [-0.2, 0) is 0 Å². The number of hydrogen-bond donors (Lipinski definition) is 2. The van der Waals surface area contributed by atoms with E-state index >= 15 is 0 Å². The van der Waals surface area contributed by atoms with E-state index in [4.69, 9.17) is 5.73 Å². The Morgan fingerprint density at radius 1 is 1.09 bits per heavy atom. The van der Waals surface area contributed by atoms with Crippen molar-refractivity contribution in [3.05, 3.63) is 0 Å². The van der Waals surface area contributed by atoms with Gasteiger partial charge in [-0.3, -0.25) is 0 Å². The minimum absolute atomic E-state index is 0.169. The molecule has 68 valence electrons. The second-order valence-corrected chi connectivity index (χ2v) is 4.24. The first-order valence-corrected chi connectivity index (χ1v) is 4.28. The summed E-state index contributed by atoms with van der Waals surface area (Å²) in [5, 5.41) is 9.60. The Labute approximate surface area is 69.8 Å². The summed E-state index contributed by atoms with van der Waals surface area (Å²) < 4.78 is 0. The van der Waals surface area contributed by atoms with Gasteiger partial charge in [-0.1, -0.05) is 27.7 Å². The van der Waals surface area contributed by atoms with Crippen molar-refractivity contribution in [3.63, 3.8) is 0 Å². The Morgan fingerprint density at radius 2 is 1.36 bits per heavy atom. The zero-order valence-corrected chi connectivity index (χ0v) is 8.26. The van der Waals surface area contributed by atoms with Crippen molar-refractivity contribution in [1.29, 1.82) is 0 Å². The molecule has 3 N–H and O–H groups in total. The molecule has 0 aromatic rings. The highest BCUT2D eigenvalue weighted by atomic mass is 16.3. The summed E-state index contributed by atoms with van der Waals surface area (Å²) in [6.07, 6.45) is 0. The summed E-state index contributed by atoms with van der Waals surface area (Å²) in [5.74, 6) is 1.02. The lowest BCUT2D eigenvalue weighted by Crippen LogP contribution is -2.48. The molecular weight excluding hydrogens is 138 g/mol. The van der Waals surface area contributed by atoms with Crippen molar-refractivity contribution < 1.29 is 5.11 Å². The monoisotopic (exact) mass is 159 g/mol. The summed E-state index contributed by atoms with van der Waals surface area (Å²) in [6, 6.07) is 0. The zero-order valence-electron chi connectivity index (χ0n) is 8.26. The Morgan fingerprint density at radius 3 is 1.36 bits per heavy atom. The molecule has 0 bridgehead atoms. The number of rotatable bonds is 3. The van der Waals surface area contributed by atoms with Gasteiger partial charge in [-0.15, -0.1) is 0 Å². The van der Waals surface area contributed by atoms with Gasteiger partial charge in [-0.25, -0.2) is 0 Å². The third-order valence-corrected chi connectivity index (χ3v) is 2.11. The highest BCUT2D eigenvalue weighted by Gasteiger charge is 2.32. The van der Waals surface area contributed by atoms with Gasteiger partial charge in [0.15, 0.2) is 0 Å². The van der Waals surface area contributed by atoms with E-state index in [9.17, 15) is 5.11 Å². The molecule has 0 fully saturated rings. The molecule has 0 aromatic carbocycles. The molecule has 1 atom stereocenters. The predicted molar refractivity (Wildman–Crippen MR) is 48.0 cm³/mol. The average molecular weight is 159 g/mol. The maximum Gasteiger partial charge on any atom is 0.114 e. The summed E-state index contributed by atoms with van der Waals surface area (Å²) in [7, 11) is 0. The van der Waals surface area contributed by atoms with Crippen molar-refractivity contribution in [1.82, 2.24) is 0 Å². The molecule has 0 aliphatic rings. The van der Waals surface area contributed by atoms with Crippen LogP contribution in [0.2, 0.25) is 0 Å². The molecule has 0 saturated heterocycles. The normalized spacial score (nSPS) is 18.0. The van der Waals surface area contributed by atoms with Gasteiger partial charge in [0.25, 0.3) is 0 Å². The topological polar surface area (TPSA) is 46.2 Å². The van der Waals surface area contributed by atoms with Gasteiger partial charge in [0.2, 0.25) is 0 Å². The second kappa shape index (κ2) is 3.55. The van der Waals surface area contributed by atoms with Crippen LogP contribution in [0, 0.1) is 17.8 Å². The minimum atomic E-state index is -1.04. The van der Waals surface area contributed by atoms with E-state index in [-0.39, 0.29) is 5.92 Å². The Hall–Kier alpha value is -0.0800. The van der Waals surface area contributed by atoms with Crippen LogP contribution < -0.4 is 5.73 Å². The molecule has 2 nitrogen and oxygen atoms in total. The van der Waals surface area contributed by atoms with Crippen LogP contribution in [0.15, 0.2) is 0 Å². The van der Waals surface area contributed by atoms with Crippen molar-refractivity contribution >= 4 is 0 Å². The largest absolute Gasteiger partial charge is 0.376 e. The number of hydrogen-bond acceptors (Lipinski definition) is 2. The standard InChI is InChI=1S/C9H21NO/c1-6(2)8(7(3)4)9(5,10)11/h6-8,11H,10H2,1-5H3. The summed E-state index contributed by atoms with van der Waals surface area (Å²) in [6.45, 7) is 10.0. The number of aliphatic hydroxyl groups is 1. The fourth-order valence-corrected chi connectivity index (χ4v) is 2.12. The summed E-state index contributed by atoms with van der Waals surface area (Å²) >= 11 is 0. The quantitative estimate of drug-likeness (QED) is 0.614. The third-order valence-electron chi connectivity index (χ3n) is 2.11. The first-order valence-electron chi connectivity index (χ1n) is 4.28. The summed E-state index contributed by atoms with van der Waals surface area (Å²) in [4.78, 5) is 0. The lowest BCUT2D eigenvalue weighted by Gasteiger charge is -2.35. The molecular formula is C9H21NO. The average Bonchev–Trinajstić information content (AvgIpc) is 1.54. The van der Waals surface area contributed by atoms with Crippen LogP contribution in [0.5, 0.6) is 0 Å². The Bertz CT molecular complexity index is 105. The van der Waals surface area contributed by atoms with Crippen LogP contribution in [0.4, 0.5) is 0 Å². The highest BCUT2D eigenvalue weighted by molar-refractivity contribution is 4.80. The molecule has 11 heavy (non-hydrogen) atoms. The molecule has 0 amide bonds. The lowest BCUT2D eigenvalue weighted by atomic mass is 9.78. The van der Waals surface area contributed by atoms with Crippen molar-refractivity contribution in [2.75, 3.05) is 0 Å². The van der Waals surface area contributed by atoms with E-state index < -0.39 is 5.72 Å². The van der Waals surface area contributed by atoms with Crippen molar-refractivity contribution in [3.8, 4) is 0 Å². The molecule has 0 spiro atoms. The second-order valence-electron chi connectivity index (χ2n) is 4.24. The predicted octanol–water partition coefficient (Wildman–Crippen LogP) is 1.58. The number of nitrogens with two attached hydrogens (primary N) is 1. The minimum Gasteiger partial charge on any atom is -0.376 e. The fourth-order valence-electron chi connectivity index (χ4n) is 2.12. The van der Waals surface area contributed by atoms with E-state index in [1.165, 1.54) is 0 Å². The first-order chi connectivity index (χ1) is 4.76. The molecule has 0 aromatic heterocycles. The van der Waals surface area contributed by atoms with Gasteiger partial charge in [-0.2, -0.15) is 0 Å². The van der Waals surface area contributed by atoms with Gasteiger partial charge in [-0.05, 0) is 18.8 Å². The van der Waals surface area contributed by atoms with Crippen molar-refractivity contribution in [2.45, 2.75) is 40.3 Å². The molecule has 0 aliphatic heterocycles. The maximum atomic E-state index is 9.60. The highest BCUT2D eigenvalue weighted by Crippen LogP contribution is 2.28. The van der Waals surface area contributed by atoms with E-state index in [1.54, 1.807) is 6.92 Å². The van der Waals surface area contributed by atoms with Crippen molar-refractivity contribution in [2.24, 2.45) is 23.5 Å². The lowest BCUT2D eigenvalue weighted by molar-refractivity contribution is -0.0361. The van der Waals surface area contributed by atoms with Crippen LogP contribution in [-0.4, -0.2) is 10.8 Å². The SMILES string of the molecule is CC(C)C(C(C)C)C(C)(N)O. The van der Waals surface area contributed by atoms with E-state index in [0.29, 0.717) is 11.8 Å². The molecule has 0 saturated carbocycles. The Kier molecular flexibility index (Phi) is 3.52. The Balaban J connectivity index is 4.35. The molecule has 2 heteroatoms. The van der Waals surface area contributed by atoms with Gasteiger partial charge >= 0.3 is 0 Å². The molecule has 1 unspecified atom stereocenters. The van der Waals surface area contributed by atoms with Crippen LogP contribution in [0.25, 0.3) is 0 Å². The first kappa shape index (κ1) is 10.9. The van der Waals surface area contributed by atoms with Gasteiger partial charge < -0.3 is 10.8 Å².